The number of hydrogen-bond acceptors (Lipinski definition) is 2. The van der Waals surface area contributed by atoms with E-state index in [2.05, 4.69) is 0 Å². The van der Waals surface area contributed by atoms with Crippen molar-refractivity contribution in [3.05, 3.63) is 0 Å². The van der Waals surface area contributed by atoms with Crippen LogP contribution in [0.3, 0.4) is 0 Å². The predicted molar refractivity (Wildman–Crippen MR) is 58.6 cm³/mol. The Morgan fingerprint density at radius 1 is 1.40 bits per heavy atom. The molecule has 0 aromatic carbocycles. The van der Waals surface area contributed by atoms with Crippen LogP contribution < -0.4 is 0 Å². The summed E-state index contributed by atoms with van der Waals surface area (Å²) in [5.41, 5.74) is -1.06. The Kier molecular flexibility index (Phi) is 4.14. The number of aliphatic carboxylic acids is 1. The third-order valence-electron chi connectivity index (χ3n) is 3.77. The fraction of sp³-hybridized carbons (Fsp3) is 0.917. The van der Waals surface area contributed by atoms with Crippen LogP contribution >= 0.6 is 0 Å². The molecule has 1 aliphatic rings. The Balaban J connectivity index is 2.76. The van der Waals surface area contributed by atoms with E-state index in [0.29, 0.717) is 6.42 Å². The van der Waals surface area contributed by atoms with E-state index in [0.717, 1.165) is 25.7 Å². The molecule has 3 nitrogen and oxygen atoms in total. The monoisotopic (exact) mass is 214 g/mol. The Morgan fingerprint density at radius 3 is 2.33 bits per heavy atom. The van der Waals surface area contributed by atoms with Crippen LogP contribution in [0.5, 0.6) is 0 Å². The molecule has 0 bridgehead atoms. The molecule has 0 radical (unpaired) electrons. The first-order valence-electron chi connectivity index (χ1n) is 5.94. The van der Waals surface area contributed by atoms with Crippen molar-refractivity contribution in [3.63, 3.8) is 0 Å². The molecule has 2 N–H and O–H groups in total. The molecule has 0 aliphatic heterocycles. The lowest BCUT2D eigenvalue weighted by Crippen LogP contribution is -2.44. The Hall–Kier alpha value is -0.570. The van der Waals surface area contributed by atoms with Crippen molar-refractivity contribution < 1.29 is 15.0 Å². The summed E-state index contributed by atoms with van der Waals surface area (Å²) in [4.78, 5) is 11.2. The minimum atomic E-state index is -1.06. The Labute approximate surface area is 91.5 Å². The van der Waals surface area contributed by atoms with Gasteiger partial charge < -0.3 is 10.2 Å². The van der Waals surface area contributed by atoms with E-state index in [1.165, 1.54) is 6.42 Å². The van der Waals surface area contributed by atoms with Crippen molar-refractivity contribution in [2.24, 2.45) is 11.8 Å². The van der Waals surface area contributed by atoms with Crippen molar-refractivity contribution in [3.8, 4) is 0 Å². The van der Waals surface area contributed by atoms with E-state index >= 15 is 0 Å². The molecular weight excluding hydrogens is 192 g/mol. The largest absolute Gasteiger partial charge is 0.481 e. The first-order valence-corrected chi connectivity index (χ1v) is 5.94. The quantitative estimate of drug-likeness (QED) is 0.755. The number of carboxylic acid groups (broad SMARTS) is 1. The van der Waals surface area contributed by atoms with Gasteiger partial charge in [-0.1, -0.05) is 26.2 Å². The molecule has 1 rings (SSSR count). The number of carboxylic acids is 1. The van der Waals surface area contributed by atoms with Gasteiger partial charge in [0.15, 0.2) is 0 Å². The molecule has 0 spiro atoms. The smallest absolute Gasteiger partial charge is 0.309 e. The van der Waals surface area contributed by atoms with Crippen LogP contribution in [-0.4, -0.2) is 21.8 Å². The van der Waals surface area contributed by atoms with Crippen LogP contribution in [-0.2, 0) is 4.79 Å². The summed E-state index contributed by atoms with van der Waals surface area (Å²) < 4.78 is 0. The highest BCUT2D eigenvalue weighted by atomic mass is 16.4. The highest BCUT2D eigenvalue weighted by Crippen LogP contribution is 2.37. The lowest BCUT2D eigenvalue weighted by Gasteiger charge is -2.36. The second-order valence-corrected chi connectivity index (χ2v) is 4.92. The minimum Gasteiger partial charge on any atom is -0.481 e. The summed E-state index contributed by atoms with van der Waals surface area (Å²) in [7, 11) is 0. The van der Waals surface area contributed by atoms with Gasteiger partial charge in [0.05, 0.1) is 11.5 Å². The van der Waals surface area contributed by atoms with Gasteiger partial charge in [-0.3, -0.25) is 4.79 Å². The molecule has 3 heteroatoms. The Bertz CT molecular complexity index is 217. The maximum Gasteiger partial charge on any atom is 0.309 e. The SMILES string of the molecule is CCC(C)(O)C(C(=O)O)C1CCCCC1. The third-order valence-corrected chi connectivity index (χ3v) is 3.77. The molecule has 0 aromatic heterocycles. The molecule has 1 fully saturated rings. The molecule has 88 valence electrons. The molecular formula is C12H22O3. The van der Waals surface area contributed by atoms with Gasteiger partial charge in [0.2, 0.25) is 0 Å². The molecule has 0 aromatic rings. The first-order chi connectivity index (χ1) is 6.99. The second kappa shape index (κ2) is 4.97. The standard InChI is InChI=1S/C12H22O3/c1-3-12(2,15)10(11(13)14)9-7-5-4-6-8-9/h9-10,15H,3-8H2,1-2H3,(H,13,14). The van der Waals surface area contributed by atoms with Crippen LogP contribution in [0.25, 0.3) is 0 Å². The van der Waals surface area contributed by atoms with Crippen LogP contribution in [0.15, 0.2) is 0 Å². The first kappa shape index (κ1) is 12.5. The lowest BCUT2D eigenvalue weighted by atomic mass is 9.71. The van der Waals surface area contributed by atoms with Crippen molar-refractivity contribution in [1.82, 2.24) is 0 Å². The van der Waals surface area contributed by atoms with Crippen LogP contribution in [0.2, 0.25) is 0 Å². The van der Waals surface area contributed by atoms with Crippen molar-refractivity contribution in [2.75, 3.05) is 0 Å². The van der Waals surface area contributed by atoms with E-state index in [1.807, 2.05) is 6.92 Å². The maximum atomic E-state index is 11.2. The van der Waals surface area contributed by atoms with E-state index in [9.17, 15) is 15.0 Å². The second-order valence-electron chi connectivity index (χ2n) is 4.92. The van der Waals surface area contributed by atoms with Gasteiger partial charge in [0.1, 0.15) is 0 Å². The molecule has 0 saturated heterocycles. The summed E-state index contributed by atoms with van der Waals surface area (Å²) in [5, 5.41) is 19.4. The third kappa shape index (κ3) is 2.94. The summed E-state index contributed by atoms with van der Waals surface area (Å²) in [6, 6.07) is 0. The zero-order valence-electron chi connectivity index (χ0n) is 9.70. The molecule has 15 heavy (non-hydrogen) atoms. The van der Waals surface area contributed by atoms with Gasteiger partial charge in [-0.25, -0.2) is 0 Å². The number of rotatable bonds is 4. The fourth-order valence-corrected chi connectivity index (χ4v) is 2.66. The minimum absolute atomic E-state index is 0.159. The van der Waals surface area contributed by atoms with Gasteiger partial charge >= 0.3 is 5.97 Å². The van der Waals surface area contributed by atoms with Gasteiger partial charge in [-0.05, 0) is 32.1 Å². The molecule has 2 unspecified atom stereocenters. The normalized spacial score (nSPS) is 24.5. The van der Waals surface area contributed by atoms with Gasteiger partial charge in [0, 0.05) is 0 Å². The van der Waals surface area contributed by atoms with Crippen LogP contribution in [0, 0.1) is 11.8 Å². The molecule has 1 saturated carbocycles. The van der Waals surface area contributed by atoms with Gasteiger partial charge in [-0.2, -0.15) is 0 Å². The van der Waals surface area contributed by atoms with Crippen molar-refractivity contribution in [1.29, 1.82) is 0 Å². The van der Waals surface area contributed by atoms with Gasteiger partial charge in [-0.15, -0.1) is 0 Å². The predicted octanol–water partition coefficient (Wildman–Crippen LogP) is 2.43. The number of aliphatic hydroxyl groups is 1. The molecule has 0 amide bonds. The molecule has 2 atom stereocenters. The zero-order chi connectivity index (χ0) is 11.5. The van der Waals surface area contributed by atoms with E-state index < -0.39 is 17.5 Å². The summed E-state index contributed by atoms with van der Waals surface area (Å²) in [5.74, 6) is -1.28. The molecule has 1 aliphatic carbocycles. The van der Waals surface area contributed by atoms with Gasteiger partial charge in [0.25, 0.3) is 0 Å². The van der Waals surface area contributed by atoms with Crippen molar-refractivity contribution in [2.45, 2.75) is 58.0 Å². The lowest BCUT2D eigenvalue weighted by molar-refractivity contribution is -0.156. The average molecular weight is 214 g/mol. The zero-order valence-corrected chi connectivity index (χ0v) is 9.70. The van der Waals surface area contributed by atoms with Crippen LogP contribution in [0.1, 0.15) is 52.4 Å². The highest BCUT2D eigenvalue weighted by Gasteiger charge is 2.41. The van der Waals surface area contributed by atoms with E-state index in [1.54, 1.807) is 6.92 Å². The molecule has 0 heterocycles. The highest BCUT2D eigenvalue weighted by molar-refractivity contribution is 5.71. The summed E-state index contributed by atoms with van der Waals surface area (Å²) in [6.45, 7) is 3.50. The fourth-order valence-electron chi connectivity index (χ4n) is 2.66. The average Bonchev–Trinajstić information content (AvgIpc) is 2.18. The van der Waals surface area contributed by atoms with Crippen molar-refractivity contribution >= 4 is 5.97 Å². The Morgan fingerprint density at radius 2 is 1.93 bits per heavy atom. The summed E-state index contributed by atoms with van der Waals surface area (Å²) in [6.07, 6.45) is 5.82. The van der Waals surface area contributed by atoms with E-state index in [4.69, 9.17) is 0 Å². The van der Waals surface area contributed by atoms with E-state index in [-0.39, 0.29) is 5.92 Å². The topological polar surface area (TPSA) is 57.5 Å². The number of hydrogen-bond donors (Lipinski definition) is 2. The maximum absolute atomic E-state index is 11.2. The number of carbonyl (C=O) groups is 1. The van der Waals surface area contributed by atoms with Crippen LogP contribution in [0.4, 0.5) is 0 Å². The summed E-state index contributed by atoms with van der Waals surface area (Å²) >= 11 is 0.